The van der Waals surface area contributed by atoms with Crippen molar-refractivity contribution in [3.05, 3.63) is 81.5 Å². The molecular formula is C23H25Cl2N3O. The quantitative estimate of drug-likeness (QED) is 0.691. The highest BCUT2D eigenvalue weighted by atomic mass is 35.5. The van der Waals surface area contributed by atoms with Gasteiger partial charge >= 0.3 is 0 Å². The molecule has 0 saturated carbocycles. The van der Waals surface area contributed by atoms with Gasteiger partial charge in [0.25, 0.3) is 6.02 Å². The fourth-order valence-electron chi connectivity index (χ4n) is 3.60. The summed E-state index contributed by atoms with van der Waals surface area (Å²) in [6.45, 7) is 5.56. The molecule has 0 spiro atoms. The van der Waals surface area contributed by atoms with Crippen molar-refractivity contribution in [2.75, 3.05) is 39.3 Å². The Balaban J connectivity index is 1.27. The molecule has 0 atom stereocenters. The van der Waals surface area contributed by atoms with Gasteiger partial charge in [0.1, 0.15) is 6.61 Å². The van der Waals surface area contributed by atoms with Crippen LogP contribution in [-0.2, 0) is 17.6 Å². The Morgan fingerprint density at radius 2 is 1.45 bits per heavy atom. The number of allylic oxidation sites excluding steroid dienone is 1. The number of amidine groups is 1. The number of piperazine rings is 1. The van der Waals surface area contributed by atoms with E-state index in [0.29, 0.717) is 6.61 Å². The summed E-state index contributed by atoms with van der Waals surface area (Å²) >= 11 is 11.9. The molecule has 6 heteroatoms. The molecule has 2 aliphatic rings. The molecule has 0 radical (unpaired) electrons. The Labute approximate surface area is 182 Å². The maximum atomic E-state index is 5.98. The zero-order chi connectivity index (χ0) is 20.1. The Morgan fingerprint density at radius 3 is 2.10 bits per heavy atom. The molecule has 1 saturated heterocycles. The fourth-order valence-corrected chi connectivity index (χ4v) is 3.85. The van der Waals surface area contributed by atoms with Crippen molar-refractivity contribution in [2.45, 2.75) is 12.8 Å². The van der Waals surface area contributed by atoms with Crippen LogP contribution in [0.3, 0.4) is 0 Å². The van der Waals surface area contributed by atoms with Crippen LogP contribution in [0.25, 0.3) is 0 Å². The number of ether oxygens (including phenoxy) is 1. The lowest BCUT2D eigenvalue weighted by Crippen LogP contribution is -2.50. The van der Waals surface area contributed by atoms with Crippen molar-refractivity contribution in [2.24, 2.45) is 4.99 Å². The van der Waals surface area contributed by atoms with E-state index in [4.69, 9.17) is 32.9 Å². The van der Waals surface area contributed by atoms with Gasteiger partial charge in [-0.3, -0.25) is 4.90 Å². The summed E-state index contributed by atoms with van der Waals surface area (Å²) in [6.07, 6.45) is 3.90. The normalized spacial score (nSPS) is 17.5. The number of halogens is 2. The topological polar surface area (TPSA) is 28.1 Å². The van der Waals surface area contributed by atoms with Crippen LogP contribution in [0.5, 0.6) is 0 Å². The van der Waals surface area contributed by atoms with Crippen molar-refractivity contribution < 1.29 is 4.74 Å². The summed E-state index contributed by atoms with van der Waals surface area (Å²) in [4.78, 5) is 9.52. The van der Waals surface area contributed by atoms with Crippen molar-refractivity contribution >= 4 is 29.2 Å². The molecule has 0 unspecified atom stereocenters. The molecule has 0 bridgehead atoms. The highest BCUT2D eigenvalue weighted by molar-refractivity contribution is 6.30. The van der Waals surface area contributed by atoms with E-state index in [9.17, 15) is 0 Å². The molecule has 0 aromatic heterocycles. The highest BCUT2D eigenvalue weighted by Gasteiger charge is 2.22. The van der Waals surface area contributed by atoms with Crippen LogP contribution >= 0.6 is 23.2 Å². The summed E-state index contributed by atoms with van der Waals surface area (Å²) in [6, 6.07) is 16.8. The molecular weight excluding hydrogens is 405 g/mol. The highest BCUT2D eigenvalue weighted by Crippen LogP contribution is 2.17. The number of rotatable bonds is 5. The Hall–Kier alpha value is -2.01. The van der Waals surface area contributed by atoms with E-state index in [1.807, 2.05) is 36.4 Å². The Kier molecular flexibility index (Phi) is 6.75. The van der Waals surface area contributed by atoms with Gasteiger partial charge in [0.05, 0.1) is 0 Å². The molecule has 29 heavy (non-hydrogen) atoms. The molecule has 0 amide bonds. The summed E-state index contributed by atoms with van der Waals surface area (Å²) < 4.78 is 5.83. The third kappa shape index (κ3) is 5.75. The van der Waals surface area contributed by atoms with Crippen LogP contribution in [0.1, 0.15) is 11.1 Å². The van der Waals surface area contributed by atoms with Crippen LogP contribution in [0, 0.1) is 0 Å². The maximum Gasteiger partial charge on any atom is 0.292 e. The van der Waals surface area contributed by atoms with Gasteiger partial charge in [-0.05, 0) is 47.9 Å². The van der Waals surface area contributed by atoms with E-state index in [2.05, 4.69) is 28.0 Å². The largest absolute Gasteiger partial charge is 0.461 e. The first-order valence-electron chi connectivity index (χ1n) is 10.0. The molecule has 4 nitrogen and oxygen atoms in total. The zero-order valence-electron chi connectivity index (χ0n) is 16.4. The zero-order valence-corrected chi connectivity index (χ0v) is 17.9. The summed E-state index contributed by atoms with van der Waals surface area (Å²) in [5.41, 5.74) is 3.59. The average Bonchev–Trinajstić information content (AvgIpc) is 2.76. The van der Waals surface area contributed by atoms with Crippen molar-refractivity contribution in [1.29, 1.82) is 0 Å². The minimum absolute atomic E-state index is 0.582. The second-order valence-corrected chi connectivity index (χ2v) is 8.28. The first-order chi connectivity index (χ1) is 14.2. The fraction of sp³-hybridized carbons (Fsp3) is 0.348. The number of nitrogens with zero attached hydrogens (tertiary/aromatic N) is 3. The number of aliphatic imine (C=N–C) groups is 1. The first-order valence-corrected chi connectivity index (χ1v) is 10.8. The van der Waals surface area contributed by atoms with Crippen LogP contribution in [0.4, 0.5) is 0 Å². The minimum atomic E-state index is 0.582. The molecule has 2 aromatic rings. The lowest BCUT2D eigenvalue weighted by atomic mass is 10.1. The van der Waals surface area contributed by atoms with E-state index in [0.717, 1.165) is 67.3 Å². The van der Waals surface area contributed by atoms with Gasteiger partial charge in [-0.15, -0.1) is 0 Å². The number of hydrogen-bond acceptors (Lipinski definition) is 4. The van der Waals surface area contributed by atoms with Gasteiger partial charge in [0.2, 0.25) is 0 Å². The second-order valence-electron chi connectivity index (χ2n) is 7.41. The van der Waals surface area contributed by atoms with E-state index >= 15 is 0 Å². The average molecular weight is 430 g/mol. The first kappa shape index (κ1) is 20.3. The predicted molar refractivity (Wildman–Crippen MR) is 120 cm³/mol. The molecule has 1 fully saturated rings. The minimum Gasteiger partial charge on any atom is -0.461 e. The molecule has 2 aliphatic heterocycles. The molecule has 152 valence electrons. The number of benzene rings is 2. The Bertz CT molecular complexity index is 870. The van der Waals surface area contributed by atoms with Gasteiger partial charge in [0, 0.05) is 54.9 Å². The van der Waals surface area contributed by atoms with Crippen molar-refractivity contribution in [1.82, 2.24) is 9.80 Å². The molecule has 2 heterocycles. The van der Waals surface area contributed by atoms with Crippen LogP contribution in [0.2, 0.25) is 10.0 Å². The standard InChI is InChI=1S/C23H25Cl2N3O/c24-20-5-1-18(2-6-20)9-11-27-12-14-28(15-13-27)23-26-22(10-16-29-23)17-19-3-7-21(25)8-4-19/h1-8,10H,9,11-17H2. The molecule has 0 N–H and O–H groups in total. The van der Waals surface area contributed by atoms with E-state index in [1.54, 1.807) is 0 Å². The third-order valence-electron chi connectivity index (χ3n) is 5.34. The van der Waals surface area contributed by atoms with Gasteiger partial charge in [-0.25, -0.2) is 4.99 Å². The van der Waals surface area contributed by atoms with Gasteiger partial charge in [-0.2, -0.15) is 0 Å². The summed E-state index contributed by atoms with van der Waals surface area (Å²) in [5.74, 6) is 0. The predicted octanol–water partition coefficient (Wildman–Crippen LogP) is 4.67. The van der Waals surface area contributed by atoms with Gasteiger partial charge < -0.3 is 9.64 Å². The van der Waals surface area contributed by atoms with Gasteiger partial charge in [0.15, 0.2) is 0 Å². The number of hydrogen-bond donors (Lipinski definition) is 0. The van der Waals surface area contributed by atoms with Crippen molar-refractivity contribution in [3.8, 4) is 0 Å². The van der Waals surface area contributed by atoms with E-state index in [-0.39, 0.29) is 0 Å². The summed E-state index contributed by atoms with van der Waals surface area (Å²) in [7, 11) is 0. The molecule has 0 aliphatic carbocycles. The summed E-state index contributed by atoms with van der Waals surface area (Å²) in [5, 5.41) is 1.55. The van der Waals surface area contributed by atoms with Crippen LogP contribution in [0.15, 0.2) is 65.3 Å². The second kappa shape index (κ2) is 9.66. The van der Waals surface area contributed by atoms with E-state index < -0.39 is 0 Å². The molecule has 2 aromatic carbocycles. The van der Waals surface area contributed by atoms with Crippen molar-refractivity contribution in [3.63, 3.8) is 0 Å². The third-order valence-corrected chi connectivity index (χ3v) is 5.85. The van der Waals surface area contributed by atoms with E-state index in [1.165, 1.54) is 11.1 Å². The van der Waals surface area contributed by atoms with Crippen LogP contribution in [-0.4, -0.2) is 55.2 Å². The maximum absolute atomic E-state index is 5.98. The molecule has 4 rings (SSSR count). The van der Waals surface area contributed by atoms with Gasteiger partial charge in [-0.1, -0.05) is 47.5 Å². The smallest absolute Gasteiger partial charge is 0.292 e. The monoisotopic (exact) mass is 429 g/mol. The lowest BCUT2D eigenvalue weighted by Gasteiger charge is -2.36. The lowest BCUT2D eigenvalue weighted by molar-refractivity contribution is 0.153. The Morgan fingerprint density at radius 1 is 0.828 bits per heavy atom. The van der Waals surface area contributed by atoms with Crippen LogP contribution < -0.4 is 0 Å². The SMILES string of the molecule is Clc1ccc(CCN2CCN(C3=NC(Cc4ccc(Cl)cc4)=CCO3)CC2)cc1.